The molecular formula is C20H25F3N2O4. The molecule has 0 aromatic carbocycles. The van der Waals surface area contributed by atoms with Crippen LogP contribution in [-0.4, -0.2) is 52.7 Å². The highest BCUT2D eigenvalue weighted by Crippen LogP contribution is 2.49. The van der Waals surface area contributed by atoms with Crippen LogP contribution in [-0.2, 0) is 9.59 Å². The first-order valence-corrected chi connectivity index (χ1v) is 9.80. The molecule has 1 aromatic heterocycles. The monoisotopic (exact) mass is 414 g/mol. The van der Waals surface area contributed by atoms with Gasteiger partial charge in [0.2, 0.25) is 5.91 Å². The van der Waals surface area contributed by atoms with Crippen molar-refractivity contribution in [3.05, 3.63) is 24.5 Å². The van der Waals surface area contributed by atoms with E-state index in [1.165, 1.54) is 32.1 Å². The second kappa shape index (κ2) is 8.59. The third kappa shape index (κ3) is 5.61. The number of alkyl halides is 3. The number of amides is 1. The van der Waals surface area contributed by atoms with Gasteiger partial charge in [-0.2, -0.15) is 13.2 Å². The number of aliphatic carboxylic acids is 1. The normalized spacial score (nSPS) is 25.8. The smallest absolute Gasteiger partial charge is 0.490 e. The lowest BCUT2D eigenvalue weighted by atomic mass is 9.81. The molecule has 1 amide bonds. The maximum atomic E-state index is 12.4. The Morgan fingerprint density at radius 2 is 2.03 bits per heavy atom. The van der Waals surface area contributed by atoms with Crippen molar-refractivity contribution >= 4 is 11.9 Å². The summed E-state index contributed by atoms with van der Waals surface area (Å²) < 4.78 is 37.8. The molecular weight excluding hydrogens is 389 g/mol. The minimum absolute atomic E-state index is 0.176. The maximum Gasteiger partial charge on any atom is 0.490 e. The molecule has 29 heavy (non-hydrogen) atoms. The molecule has 3 aliphatic rings. The van der Waals surface area contributed by atoms with Gasteiger partial charge in [0.05, 0.1) is 12.8 Å². The lowest BCUT2D eigenvalue weighted by molar-refractivity contribution is -0.192. The van der Waals surface area contributed by atoms with Crippen molar-refractivity contribution in [3.63, 3.8) is 0 Å². The molecule has 0 radical (unpaired) electrons. The Labute approximate surface area is 167 Å². The van der Waals surface area contributed by atoms with E-state index in [1.807, 2.05) is 12.1 Å². The van der Waals surface area contributed by atoms with Crippen molar-refractivity contribution in [1.29, 1.82) is 0 Å². The second-order valence-corrected chi connectivity index (χ2v) is 8.15. The first-order valence-electron chi connectivity index (χ1n) is 9.80. The van der Waals surface area contributed by atoms with Gasteiger partial charge in [-0.05, 0) is 49.7 Å². The fraction of sp³-hybridized carbons (Fsp3) is 0.650. The number of rotatable bonds is 5. The van der Waals surface area contributed by atoms with E-state index >= 15 is 0 Å². The van der Waals surface area contributed by atoms with Crippen LogP contribution in [0.5, 0.6) is 5.75 Å². The van der Waals surface area contributed by atoms with E-state index in [2.05, 4.69) is 9.88 Å². The van der Waals surface area contributed by atoms with E-state index in [-0.39, 0.29) is 5.41 Å². The predicted octanol–water partition coefficient (Wildman–Crippen LogP) is 3.52. The molecule has 1 aromatic rings. The van der Waals surface area contributed by atoms with Crippen molar-refractivity contribution in [2.24, 2.45) is 17.3 Å². The number of carbonyl (C=O) groups excluding carboxylic acids is 1. The van der Waals surface area contributed by atoms with Gasteiger partial charge in [-0.25, -0.2) is 4.79 Å². The zero-order valence-electron chi connectivity index (χ0n) is 16.0. The predicted molar refractivity (Wildman–Crippen MR) is 97.1 cm³/mol. The Morgan fingerprint density at radius 3 is 2.62 bits per heavy atom. The van der Waals surface area contributed by atoms with E-state index < -0.39 is 12.1 Å². The Kier molecular flexibility index (Phi) is 6.33. The average molecular weight is 414 g/mol. The van der Waals surface area contributed by atoms with Crippen molar-refractivity contribution in [3.8, 4) is 5.75 Å². The molecule has 1 N–H and O–H groups in total. The van der Waals surface area contributed by atoms with Gasteiger partial charge in [-0.1, -0.05) is 6.42 Å². The van der Waals surface area contributed by atoms with Crippen LogP contribution in [0.3, 0.4) is 0 Å². The van der Waals surface area contributed by atoms with Gasteiger partial charge in [0.1, 0.15) is 5.75 Å². The van der Waals surface area contributed by atoms with Crippen molar-refractivity contribution in [2.75, 3.05) is 19.7 Å². The van der Waals surface area contributed by atoms with Crippen LogP contribution in [0.1, 0.15) is 38.5 Å². The number of hydrogen-bond donors (Lipinski definition) is 1. The number of hydrogen-bond acceptors (Lipinski definition) is 4. The third-order valence-corrected chi connectivity index (χ3v) is 5.96. The number of aromatic nitrogens is 1. The SMILES string of the molecule is O=C(CC1CC1)N1C[C@H]2CCC[C@@]2(COc2cccnc2)C1.O=C(O)C(F)(F)F. The first kappa shape index (κ1) is 21.4. The van der Waals surface area contributed by atoms with Gasteiger partial charge in [0, 0.05) is 31.1 Å². The number of ether oxygens (including phenoxy) is 1. The van der Waals surface area contributed by atoms with Crippen molar-refractivity contribution in [1.82, 2.24) is 9.88 Å². The van der Waals surface area contributed by atoms with E-state index in [9.17, 15) is 18.0 Å². The molecule has 2 saturated carbocycles. The summed E-state index contributed by atoms with van der Waals surface area (Å²) in [6.45, 7) is 2.56. The largest absolute Gasteiger partial charge is 0.491 e. The number of nitrogens with zero attached hydrogens (tertiary/aromatic N) is 2. The van der Waals surface area contributed by atoms with Crippen LogP contribution in [0.25, 0.3) is 0 Å². The fourth-order valence-corrected chi connectivity index (χ4v) is 4.20. The highest BCUT2D eigenvalue weighted by Gasteiger charge is 2.51. The molecule has 9 heteroatoms. The number of fused-ring (bicyclic) bond motifs is 1. The maximum absolute atomic E-state index is 12.4. The Bertz CT molecular complexity index is 724. The number of carboxylic acids is 1. The standard InChI is InChI=1S/C18H24N2O2.C2HF3O2/c21-17(9-14-5-6-14)20-11-15-3-1-7-18(15,12-20)13-22-16-4-2-8-19-10-16;3-2(4,5)1(6)7/h2,4,8,10,14-15H,1,3,5-7,9,11-13H2;(H,6,7)/t15-,18+;/m1./s1. The van der Waals surface area contributed by atoms with Crippen LogP contribution in [0, 0.1) is 17.3 Å². The third-order valence-electron chi connectivity index (χ3n) is 5.96. The number of likely N-dealkylation sites (tertiary alicyclic amines) is 1. The lowest BCUT2D eigenvalue weighted by Gasteiger charge is -2.28. The quantitative estimate of drug-likeness (QED) is 0.798. The summed E-state index contributed by atoms with van der Waals surface area (Å²) in [5.41, 5.74) is 0.176. The van der Waals surface area contributed by atoms with E-state index in [1.54, 1.807) is 12.4 Å². The fourth-order valence-electron chi connectivity index (χ4n) is 4.20. The van der Waals surface area contributed by atoms with E-state index in [4.69, 9.17) is 14.6 Å². The summed E-state index contributed by atoms with van der Waals surface area (Å²) in [6.07, 6.45) is 5.41. The van der Waals surface area contributed by atoms with Crippen molar-refractivity contribution < 1.29 is 32.6 Å². The first-order chi connectivity index (χ1) is 13.7. The van der Waals surface area contributed by atoms with E-state index in [0.29, 0.717) is 17.7 Å². The Balaban J connectivity index is 0.000000298. The van der Waals surface area contributed by atoms with E-state index in [0.717, 1.165) is 31.9 Å². The summed E-state index contributed by atoms with van der Waals surface area (Å²) in [7, 11) is 0. The highest BCUT2D eigenvalue weighted by molar-refractivity contribution is 5.77. The summed E-state index contributed by atoms with van der Waals surface area (Å²) in [5.74, 6) is -0.252. The van der Waals surface area contributed by atoms with Gasteiger partial charge in [-0.3, -0.25) is 9.78 Å². The number of carbonyl (C=O) groups is 2. The zero-order valence-corrected chi connectivity index (χ0v) is 16.0. The molecule has 2 aliphatic carbocycles. The Hall–Kier alpha value is -2.32. The number of pyridine rings is 1. The van der Waals surface area contributed by atoms with Crippen molar-refractivity contribution in [2.45, 2.75) is 44.7 Å². The summed E-state index contributed by atoms with van der Waals surface area (Å²) in [5, 5.41) is 7.12. The Morgan fingerprint density at radius 1 is 1.31 bits per heavy atom. The molecule has 0 bridgehead atoms. The molecule has 2 atom stereocenters. The van der Waals surface area contributed by atoms with Crippen LogP contribution in [0.4, 0.5) is 13.2 Å². The number of halogens is 3. The minimum Gasteiger partial charge on any atom is -0.491 e. The van der Waals surface area contributed by atoms with Crippen LogP contribution in [0.2, 0.25) is 0 Å². The van der Waals surface area contributed by atoms with Crippen LogP contribution >= 0.6 is 0 Å². The molecule has 1 saturated heterocycles. The van der Waals surface area contributed by atoms with Crippen LogP contribution < -0.4 is 4.74 Å². The molecule has 6 nitrogen and oxygen atoms in total. The van der Waals surface area contributed by atoms with Gasteiger partial charge in [-0.15, -0.1) is 0 Å². The molecule has 1 aliphatic heterocycles. The topological polar surface area (TPSA) is 79.7 Å². The summed E-state index contributed by atoms with van der Waals surface area (Å²) in [4.78, 5) is 27.5. The average Bonchev–Trinajstić information content (AvgIpc) is 3.27. The van der Waals surface area contributed by atoms with Crippen LogP contribution in [0.15, 0.2) is 24.5 Å². The number of carboxylic acid groups (broad SMARTS) is 1. The molecule has 160 valence electrons. The second-order valence-electron chi connectivity index (χ2n) is 8.15. The molecule has 0 spiro atoms. The van der Waals surface area contributed by atoms with Gasteiger partial charge in [0.25, 0.3) is 0 Å². The molecule has 4 rings (SSSR count). The van der Waals surface area contributed by atoms with Gasteiger partial charge in [0.15, 0.2) is 0 Å². The zero-order chi connectivity index (χ0) is 21.1. The molecule has 2 heterocycles. The molecule has 0 unspecified atom stereocenters. The highest BCUT2D eigenvalue weighted by atomic mass is 19.4. The van der Waals surface area contributed by atoms with Gasteiger partial charge >= 0.3 is 12.1 Å². The summed E-state index contributed by atoms with van der Waals surface area (Å²) >= 11 is 0. The minimum atomic E-state index is -5.08. The lowest BCUT2D eigenvalue weighted by Crippen LogP contribution is -2.35. The summed E-state index contributed by atoms with van der Waals surface area (Å²) in [6, 6.07) is 3.86. The van der Waals surface area contributed by atoms with Gasteiger partial charge < -0.3 is 14.7 Å². The molecule has 3 fully saturated rings.